The first kappa shape index (κ1) is 14.7. The van der Waals surface area contributed by atoms with Crippen molar-refractivity contribution in [2.45, 2.75) is 26.3 Å². The third-order valence-electron chi connectivity index (χ3n) is 2.62. The van der Waals surface area contributed by atoms with Crippen LogP contribution in [0.1, 0.15) is 19.0 Å². The summed E-state index contributed by atoms with van der Waals surface area (Å²) in [5, 5.41) is 7.82. The lowest BCUT2D eigenvalue weighted by atomic mass is 10.3. The van der Waals surface area contributed by atoms with E-state index in [1.807, 2.05) is 6.20 Å². The van der Waals surface area contributed by atoms with Crippen LogP contribution in [0.15, 0.2) is 10.7 Å². The number of rotatable bonds is 8. The molecule has 0 bridgehead atoms. The molecule has 0 amide bonds. The van der Waals surface area contributed by atoms with E-state index in [-0.39, 0.29) is 0 Å². The van der Waals surface area contributed by atoms with Crippen molar-refractivity contribution in [1.29, 1.82) is 0 Å². The largest absolute Gasteiger partial charge is 0.316 e. The van der Waals surface area contributed by atoms with Crippen LogP contribution in [-0.4, -0.2) is 48.4 Å². The summed E-state index contributed by atoms with van der Waals surface area (Å²) in [5.74, 6) is 0. The standard InChI is InChI=1S/C12H23BrN4/c1-4-6-14-7-5-12-11(13)10-15-17(12)9-8-16(2)3/h10,14H,4-9H2,1-3H3. The maximum Gasteiger partial charge on any atom is 0.0635 e. The topological polar surface area (TPSA) is 33.1 Å². The van der Waals surface area contributed by atoms with Crippen LogP contribution in [0.25, 0.3) is 0 Å². The first-order valence-electron chi connectivity index (χ1n) is 6.20. The lowest BCUT2D eigenvalue weighted by Crippen LogP contribution is -2.22. The summed E-state index contributed by atoms with van der Waals surface area (Å²) in [6.07, 6.45) is 4.10. The predicted octanol–water partition coefficient (Wildman–Crippen LogP) is 1.75. The molecule has 5 heteroatoms. The Morgan fingerprint density at radius 2 is 2.18 bits per heavy atom. The second-order valence-electron chi connectivity index (χ2n) is 4.47. The van der Waals surface area contributed by atoms with Crippen LogP contribution >= 0.6 is 15.9 Å². The summed E-state index contributed by atoms with van der Waals surface area (Å²) < 4.78 is 3.21. The highest BCUT2D eigenvalue weighted by molar-refractivity contribution is 9.10. The van der Waals surface area contributed by atoms with Crippen LogP contribution in [0.5, 0.6) is 0 Å². The molecule has 0 spiro atoms. The van der Waals surface area contributed by atoms with Crippen molar-refractivity contribution in [3.05, 3.63) is 16.4 Å². The molecule has 0 radical (unpaired) electrons. The Hall–Kier alpha value is -0.390. The Labute approximate surface area is 113 Å². The van der Waals surface area contributed by atoms with Gasteiger partial charge in [0.1, 0.15) is 0 Å². The molecule has 0 aromatic carbocycles. The molecule has 98 valence electrons. The zero-order chi connectivity index (χ0) is 12.7. The third kappa shape index (κ3) is 5.19. The quantitative estimate of drug-likeness (QED) is 0.743. The Morgan fingerprint density at radius 3 is 2.82 bits per heavy atom. The number of nitrogens with zero attached hydrogens (tertiary/aromatic N) is 3. The van der Waals surface area contributed by atoms with Crippen LogP contribution in [0.3, 0.4) is 0 Å². The predicted molar refractivity (Wildman–Crippen MR) is 75.3 cm³/mol. The van der Waals surface area contributed by atoms with Gasteiger partial charge in [-0.1, -0.05) is 6.92 Å². The van der Waals surface area contributed by atoms with E-state index in [2.05, 4.69) is 56.9 Å². The van der Waals surface area contributed by atoms with E-state index in [1.54, 1.807) is 0 Å². The van der Waals surface area contributed by atoms with E-state index >= 15 is 0 Å². The van der Waals surface area contributed by atoms with E-state index in [4.69, 9.17) is 0 Å². The van der Waals surface area contributed by atoms with Gasteiger partial charge in [-0.25, -0.2) is 0 Å². The lowest BCUT2D eigenvalue weighted by Gasteiger charge is -2.12. The third-order valence-corrected chi connectivity index (χ3v) is 3.28. The van der Waals surface area contributed by atoms with Gasteiger partial charge in [-0.05, 0) is 43.0 Å². The van der Waals surface area contributed by atoms with Gasteiger partial charge in [0, 0.05) is 19.5 Å². The number of hydrogen-bond donors (Lipinski definition) is 1. The molecule has 1 heterocycles. The van der Waals surface area contributed by atoms with Gasteiger partial charge in [0.2, 0.25) is 0 Å². The minimum atomic E-state index is 0.946. The minimum absolute atomic E-state index is 0.946. The summed E-state index contributed by atoms with van der Waals surface area (Å²) in [4.78, 5) is 2.18. The van der Waals surface area contributed by atoms with Gasteiger partial charge in [-0.15, -0.1) is 0 Å². The Balaban J connectivity index is 2.47. The molecule has 0 saturated carbocycles. The normalized spacial score (nSPS) is 11.4. The number of hydrogen-bond acceptors (Lipinski definition) is 3. The van der Waals surface area contributed by atoms with Crippen molar-refractivity contribution in [3.63, 3.8) is 0 Å². The molecular weight excluding hydrogens is 280 g/mol. The minimum Gasteiger partial charge on any atom is -0.316 e. The number of halogens is 1. The maximum atomic E-state index is 4.40. The molecule has 0 atom stereocenters. The average Bonchev–Trinajstić information content (AvgIpc) is 2.63. The lowest BCUT2D eigenvalue weighted by molar-refractivity contribution is 0.369. The highest BCUT2D eigenvalue weighted by Crippen LogP contribution is 2.16. The summed E-state index contributed by atoms with van der Waals surface area (Å²) in [7, 11) is 4.17. The molecule has 0 aliphatic rings. The van der Waals surface area contributed by atoms with Crippen LogP contribution in [-0.2, 0) is 13.0 Å². The van der Waals surface area contributed by atoms with E-state index < -0.39 is 0 Å². The molecular formula is C12H23BrN4. The van der Waals surface area contributed by atoms with Gasteiger partial charge in [0.25, 0.3) is 0 Å². The Kier molecular flexibility index (Phi) is 6.77. The van der Waals surface area contributed by atoms with Crippen molar-refractivity contribution < 1.29 is 0 Å². The van der Waals surface area contributed by atoms with Gasteiger partial charge in [0.05, 0.1) is 22.9 Å². The highest BCUT2D eigenvalue weighted by atomic mass is 79.9. The fourth-order valence-corrected chi connectivity index (χ4v) is 2.13. The van der Waals surface area contributed by atoms with Gasteiger partial charge in [0.15, 0.2) is 0 Å². The second-order valence-corrected chi connectivity index (χ2v) is 5.32. The molecule has 0 saturated heterocycles. The average molecular weight is 303 g/mol. The van der Waals surface area contributed by atoms with Crippen molar-refractivity contribution in [2.24, 2.45) is 0 Å². The molecule has 0 fully saturated rings. The highest BCUT2D eigenvalue weighted by Gasteiger charge is 2.08. The van der Waals surface area contributed by atoms with Gasteiger partial charge >= 0.3 is 0 Å². The first-order valence-corrected chi connectivity index (χ1v) is 7.00. The maximum absolute atomic E-state index is 4.40. The number of aromatic nitrogens is 2. The smallest absolute Gasteiger partial charge is 0.0635 e. The van der Waals surface area contributed by atoms with Crippen LogP contribution in [0.2, 0.25) is 0 Å². The molecule has 17 heavy (non-hydrogen) atoms. The fraction of sp³-hybridized carbons (Fsp3) is 0.750. The molecule has 0 aliphatic carbocycles. The Morgan fingerprint density at radius 1 is 1.41 bits per heavy atom. The van der Waals surface area contributed by atoms with Crippen molar-refractivity contribution in [2.75, 3.05) is 33.7 Å². The number of likely N-dealkylation sites (N-methyl/N-ethyl adjacent to an activating group) is 1. The summed E-state index contributed by atoms with van der Waals surface area (Å²) >= 11 is 3.57. The molecule has 1 aromatic rings. The molecule has 1 rings (SSSR count). The zero-order valence-corrected chi connectivity index (χ0v) is 12.6. The van der Waals surface area contributed by atoms with E-state index in [0.29, 0.717) is 0 Å². The van der Waals surface area contributed by atoms with Crippen LogP contribution < -0.4 is 5.32 Å². The summed E-state index contributed by atoms with van der Waals surface area (Å²) in [5.41, 5.74) is 1.29. The van der Waals surface area contributed by atoms with Crippen molar-refractivity contribution in [1.82, 2.24) is 20.0 Å². The molecule has 0 unspecified atom stereocenters. The second kappa shape index (κ2) is 7.84. The van der Waals surface area contributed by atoms with Gasteiger partial charge in [-0.2, -0.15) is 5.10 Å². The van der Waals surface area contributed by atoms with Gasteiger partial charge in [-0.3, -0.25) is 4.68 Å². The summed E-state index contributed by atoms with van der Waals surface area (Å²) in [6.45, 7) is 6.25. The van der Waals surface area contributed by atoms with Crippen LogP contribution in [0.4, 0.5) is 0 Å². The zero-order valence-electron chi connectivity index (χ0n) is 11.0. The molecule has 1 aromatic heterocycles. The van der Waals surface area contributed by atoms with E-state index in [1.165, 1.54) is 12.1 Å². The monoisotopic (exact) mass is 302 g/mol. The first-order chi connectivity index (χ1) is 8.15. The summed E-state index contributed by atoms with van der Waals surface area (Å²) in [6, 6.07) is 0. The fourth-order valence-electron chi connectivity index (χ4n) is 1.63. The molecule has 0 aliphatic heterocycles. The van der Waals surface area contributed by atoms with E-state index in [0.717, 1.165) is 37.1 Å². The Bertz CT molecular complexity index is 322. The number of nitrogens with one attached hydrogen (secondary N) is 1. The van der Waals surface area contributed by atoms with E-state index in [9.17, 15) is 0 Å². The van der Waals surface area contributed by atoms with Crippen molar-refractivity contribution >= 4 is 15.9 Å². The van der Waals surface area contributed by atoms with Crippen LogP contribution in [0, 0.1) is 0 Å². The molecule has 4 nitrogen and oxygen atoms in total. The SMILES string of the molecule is CCCNCCc1c(Br)cnn1CCN(C)C. The van der Waals surface area contributed by atoms with Crippen molar-refractivity contribution in [3.8, 4) is 0 Å². The van der Waals surface area contributed by atoms with Gasteiger partial charge < -0.3 is 10.2 Å². The molecule has 1 N–H and O–H groups in total.